The van der Waals surface area contributed by atoms with Crippen LogP contribution >= 0.6 is 0 Å². The van der Waals surface area contributed by atoms with Crippen LogP contribution in [0.1, 0.15) is 50.7 Å². The Morgan fingerprint density at radius 3 is 1.97 bits per heavy atom. The minimum absolute atomic E-state index is 0.00954. The molecule has 2 aliphatic rings. The number of sulfone groups is 1. The van der Waals surface area contributed by atoms with Crippen LogP contribution in [0.15, 0.2) is 63.9 Å². The monoisotopic (exact) mass is 507 g/mol. The molecule has 0 saturated carbocycles. The first-order valence-electron chi connectivity index (χ1n) is 12.1. The molecule has 8 nitrogen and oxygen atoms in total. The quantitative estimate of drug-likeness (QED) is 0.412. The number of rotatable bonds is 8. The van der Waals surface area contributed by atoms with Gasteiger partial charge in [-0.25, -0.2) is 13.2 Å². The Kier molecular flexibility index (Phi) is 7.40. The smallest absolute Gasteiger partial charge is 0.328 e. The minimum Gasteiger partial charge on any atom is -0.372 e. The van der Waals surface area contributed by atoms with Crippen LogP contribution in [0.3, 0.4) is 0 Å². The maximum absolute atomic E-state index is 13.5. The SMILES string of the molecule is CCCCN(CCCC)c1ccc(C=C2C(=C3C(=O)NC(=O)NC3=O)c3ccccc3S2(=O)=O)cc1. The molecule has 0 bridgehead atoms. The third-order valence-electron chi connectivity index (χ3n) is 6.26. The number of hydrogen-bond acceptors (Lipinski definition) is 6. The maximum Gasteiger partial charge on any atom is 0.328 e. The molecule has 1 saturated heterocycles. The van der Waals surface area contributed by atoms with Crippen molar-refractivity contribution in [2.75, 3.05) is 18.0 Å². The molecule has 2 aliphatic heterocycles. The maximum atomic E-state index is 13.5. The summed E-state index contributed by atoms with van der Waals surface area (Å²) in [4.78, 5) is 39.0. The Bertz CT molecular complexity index is 1340. The van der Waals surface area contributed by atoms with Crippen LogP contribution in [0.25, 0.3) is 11.6 Å². The lowest BCUT2D eigenvalue weighted by Crippen LogP contribution is -2.51. The van der Waals surface area contributed by atoms with Crippen LogP contribution in [0.2, 0.25) is 0 Å². The molecule has 0 aliphatic carbocycles. The first-order valence-corrected chi connectivity index (χ1v) is 13.6. The molecule has 36 heavy (non-hydrogen) atoms. The van der Waals surface area contributed by atoms with E-state index in [9.17, 15) is 22.8 Å². The van der Waals surface area contributed by atoms with E-state index in [2.05, 4.69) is 18.7 Å². The normalized spacial score (nSPS) is 17.7. The molecule has 0 atom stereocenters. The van der Waals surface area contributed by atoms with E-state index in [0.717, 1.165) is 44.5 Å². The molecule has 188 valence electrons. The largest absolute Gasteiger partial charge is 0.372 e. The van der Waals surface area contributed by atoms with Gasteiger partial charge < -0.3 is 4.90 Å². The zero-order chi connectivity index (χ0) is 25.9. The number of imide groups is 2. The van der Waals surface area contributed by atoms with Gasteiger partial charge in [0.25, 0.3) is 11.8 Å². The highest BCUT2D eigenvalue weighted by Crippen LogP contribution is 2.45. The van der Waals surface area contributed by atoms with Crippen LogP contribution in [-0.2, 0) is 19.4 Å². The highest BCUT2D eigenvalue weighted by Gasteiger charge is 2.42. The number of hydrogen-bond donors (Lipinski definition) is 2. The summed E-state index contributed by atoms with van der Waals surface area (Å²) in [5, 5.41) is 4.07. The number of barbiturate groups is 1. The average Bonchev–Trinajstić information content (AvgIpc) is 3.06. The molecule has 2 heterocycles. The van der Waals surface area contributed by atoms with Crippen LogP contribution < -0.4 is 15.5 Å². The predicted molar refractivity (Wildman–Crippen MR) is 139 cm³/mol. The molecule has 2 aromatic rings. The number of urea groups is 1. The summed E-state index contributed by atoms with van der Waals surface area (Å²) < 4.78 is 27.0. The zero-order valence-electron chi connectivity index (χ0n) is 20.3. The number of anilines is 1. The fourth-order valence-corrected chi connectivity index (χ4v) is 6.12. The summed E-state index contributed by atoms with van der Waals surface area (Å²) in [6.45, 7) is 6.20. The summed E-state index contributed by atoms with van der Waals surface area (Å²) in [5.74, 6) is -1.87. The van der Waals surface area contributed by atoms with Gasteiger partial charge in [0.05, 0.1) is 9.80 Å². The second-order valence-corrected chi connectivity index (χ2v) is 10.7. The first-order chi connectivity index (χ1) is 17.3. The summed E-state index contributed by atoms with van der Waals surface area (Å²) in [5.41, 5.74) is 1.50. The van der Waals surface area contributed by atoms with Gasteiger partial charge in [-0.05, 0) is 42.7 Å². The van der Waals surface area contributed by atoms with Crippen molar-refractivity contribution in [3.8, 4) is 0 Å². The standard InChI is InChI=1S/C27H29N3O5S/c1-3-5-15-30(16-6-4-2)19-13-11-18(12-14-19)17-22-23(24-25(31)28-27(33)29-26(24)32)20-9-7-8-10-21(20)36(22,34)35/h7-14,17H,3-6,15-16H2,1-2H3,(H2,28,29,31,32,33). The summed E-state index contributed by atoms with van der Waals surface area (Å²) in [6.07, 6.45) is 5.82. The van der Waals surface area contributed by atoms with Gasteiger partial charge in [-0.1, -0.05) is 57.0 Å². The zero-order valence-corrected chi connectivity index (χ0v) is 21.2. The molecule has 9 heteroatoms. The van der Waals surface area contributed by atoms with Crippen molar-refractivity contribution >= 4 is 45.0 Å². The highest BCUT2D eigenvalue weighted by molar-refractivity contribution is 7.96. The molecule has 1 fully saturated rings. The topological polar surface area (TPSA) is 113 Å². The third-order valence-corrected chi connectivity index (χ3v) is 8.10. The van der Waals surface area contributed by atoms with Crippen molar-refractivity contribution in [2.24, 2.45) is 0 Å². The number of benzene rings is 2. The van der Waals surface area contributed by atoms with Crippen molar-refractivity contribution in [1.82, 2.24) is 10.6 Å². The molecule has 2 aromatic carbocycles. The Morgan fingerprint density at radius 2 is 1.39 bits per heavy atom. The van der Waals surface area contributed by atoms with E-state index in [1.807, 2.05) is 34.9 Å². The molecular weight excluding hydrogens is 478 g/mol. The number of nitrogens with one attached hydrogen (secondary N) is 2. The van der Waals surface area contributed by atoms with Gasteiger partial charge in [0.1, 0.15) is 5.57 Å². The Morgan fingerprint density at radius 1 is 0.806 bits per heavy atom. The Labute approximate surface area is 211 Å². The van der Waals surface area contributed by atoms with Crippen molar-refractivity contribution < 1.29 is 22.8 Å². The van der Waals surface area contributed by atoms with Gasteiger partial charge in [-0.2, -0.15) is 0 Å². The van der Waals surface area contributed by atoms with Gasteiger partial charge >= 0.3 is 6.03 Å². The van der Waals surface area contributed by atoms with E-state index < -0.39 is 33.3 Å². The molecule has 0 radical (unpaired) electrons. The van der Waals surface area contributed by atoms with Crippen LogP contribution in [-0.4, -0.2) is 39.4 Å². The second kappa shape index (κ2) is 10.5. The molecule has 2 N–H and O–H groups in total. The molecular formula is C27H29N3O5S. The van der Waals surface area contributed by atoms with E-state index in [-0.39, 0.29) is 20.9 Å². The molecule has 0 aromatic heterocycles. The number of allylic oxidation sites excluding steroid dienone is 1. The van der Waals surface area contributed by atoms with Gasteiger partial charge in [0.15, 0.2) is 0 Å². The van der Waals surface area contributed by atoms with E-state index in [1.54, 1.807) is 18.2 Å². The average molecular weight is 508 g/mol. The lowest BCUT2D eigenvalue weighted by atomic mass is 9.96. The van der Waals surface area contributed by atoms with Gasteiger partial charge in [-0.15, -0.1) is 0 Å². The minimum atomic E-state index is -4.01. The lowest BCUT2D eigenvalue weighted by Gasteiger charge is -2.24. The summed E-state index contributed by atoms with van der Waals surface area (Å²) in [7, 11) is -4.01. The lowest BCUT2D eigenvalue weighted by molar-refractivity contribution is -0.123. The highest BCUT2D eigenvalue weighted by atomic mass is 32.2. The van der Waals surface area contributed by atoms with Gasteiger partial charge in [0.2, 0.25) is 9.84 Å². The van der Waals surface area contributed by atoms with Crippen molar-refractivity contribution in [2.45, 2.75) is 44.4 Å². The summed E-state index contributed by atoms with van der Waals surface area (Å²) >= 11 is 0. The number of nitrogens with zero attached hydrogens (tertiary/aromatic N) is 1. The van der Waals surface area contributed by atoms with E-state index in [0.29, 0.717) is 5.56 Å². The van der Waals surface area contributed by atoms with Crippen LogP contribution in [0.5, 0.6) is 0 Å². The van der Waals surface area contributed by atoms with Crippen LogP contribution in [0, 0.1) is 0 Å². The van der Waals surface area contributed by atoms with Gasteiger partial charge in [-0.3, -0.25) is 20.2 Å². The fourth-order valence-electron chi connectivity index (χ4n) is 4.39. The van der Waals surface area contributed by atoms with Crippen molar-refractivity contribution in [3.63, 3.8) is 0 Å². The van der Waals surface area contributed by atoms with Crippen LogP contribution in [0.4, 0.5) is 10.5 Å². The number of carbonyl (C=O) groups excluding carboxylic acids is 3. The molecule has 4 amide bonds. The van der Waals surface area contributed by atoms with Gasteiger partial charge in [0, 0.05) is 29.9 Å². The van der Waals surface area contributed by atoms with E-state index >= 15 is 0 Å². The number of carbonyl (C=O) groups is 3. The number of unbranched alkanes of at least 4 members (excludes halogenated alkanes) is 2. The van der Waals surface area contributed by atoms with Crippen molar-refractivity contribution in [1.29, 1.82) is 0 Å². The molecule has 4 rings (SSSR count). The van der Waals surface area contributed by atoms with Crippen molar-refractivity contribution in [3.05, 3.63) is 70.1 Å². The Hall–Kier alpha value is -3.72. The summed E-state index contributed by atoms with van der Waals surface area (Å²) in [6, 6.07) is 12.8. The Balaban J connectivity index is 1.80. The number of amides is 4. The first kappa shape index (κ1) is 25.4. The molecule has 0 spiro atoms. The van der Waals surface area contributed by atoms with E-state index in [4.69, 9.17) is 0 Å². The number of fused-ring (bicyclic) bond motifs is 1. The van der Waals surface area contributed by atoms with E-state index in [1.165, 1.54) is 12.1 Å². The predicted octanol–water partition coefficient (Wildman–Crippen LogP) is 4.04. The third kappa shape index (κ3) is 4.83. The molecule has 0 unspecified atom stereocenters. The fraction of sp³-hybridized carbons (Fsp3) is 0.296. The second-order valence-electron chi connectivity index (χ2n) is 8.78.